The summed E-state index contributed by atoms with van der Waals surface area (Å²) in [6.07, 6.45) is 6.64. The molecule has 114 valence electrons. The SMILES string of the molecule is CCC1CCC(=O)C(CN2CCCc3cc(C)ccc32)C1. The normalized spacial score (nSPS) is 25.8. The minimum atomic E-state index is 0.260. The average Bonchev–Trinajstić information content (AvgIpc) is 2.49. The highest BCUT2D eigenvalue weighted by Crippen LogP contribution is 2.33. The zero-order valence-corrected chi connectivity index (χ0v) is 13.4. The van der Waals surface area contributed by atoms with Gasteiger partial charge >= 0.3 is 0 Å². The molecule has 0 saturated heterocycles. The van der Waals surface area contributed by atoms with Gasteiger partial charge in [0.25, 0.3) is 0 Å². The Morgan fingerprint density at radius 2 is 2.14 bits per heavy atom. The van der Waals surface area contributed by atoms with E-state index in [1.54, 1.807) is 0 Å². The van der Waals surface area contributed by atoms with E-state index >= 15 is 0 Å². The summed E-state index contributed by atoms with van der Waals surface area (Å²) in [4.78, 5) is 14.7. The van der Waals surface area contributed by atoms with Crippen LogP contribution < -0.4 is 4.90 Å². The molecule has 1 aromatic rings. The third-order valence-electron chi connectivity index (χ3n) is 5.34. The van der Waals surface area contributed by atoms with Crippen LogP contribution in [0.25, 0.3) is 0 Å². The van der Waals surface area contributed by atoms with E-state index in [2.05, 4.69) is 36.9 Å². The van der Waals surface area contributed by atoms with E-state index < -0.39 is 0 Å². The number of carbonyl (C=O) groups is 1. The van der Waals surface area contributed by atoms with Gasteiger partial charge in [0.1, 0.15) is 5.78 Å². The summed E-state index contributed by atoms with van der Waals surface area (Å²) in [6.45, 7) is 6.47. The Bertz CT molecular complexity index is 522. The van der Waals surface area contributed by atoms with Gasteiger partial charge in [-0.3, -0.25) is 4.79 Å². The minimum absolute atomic E-state index is 0.260. The lowest BCUT2D eigenvalue weighted by Crippen LogP contribution is -2.39. The molecule has 0 spiro atoms. The zero-order chi connectivity index (χ0) is 14.8. The van der Waals surface area contributed by atoms with Gasteiger partial charge in [-0.25, -0.2) is 0 Å². The Morgan fingerprint density at radius 1 is 1.29 bits per heavy atom. The summed E-state index contributed by atoms with van der Waals surface area (Å²) in [6, 6.07) is 6.78. The summed E-state index contributed by atoms with van der Waals surface area (Å²) in [5.41, 5.74) is 4.19. The van der Waals surface area contributed by atoms with Crippen LogP contribution in [0.5, 0.6) is 0 Å². The van der Waals surface area contributed by atoms with Crippen LogP contribution in [0.3, 0.4) is 0 Å². The Kier molecular flexibility index (Phi) is 4.32. The molecule has 2 nitrogen and oxygen atoms in total. The van der Waals surface area contributed by atoms with Crippen molar-refractivity contribution in [2.75, 3.05) is 18.0 Å². The molecule has 0 bridgehead atoms. The first kappa shape index (κ1) is 14.6. The van der Waals surface area contributed by atoms with Gasteiger partial charge in [-0.2, -0.15) is 0 Å². The molecule has 0 radical (unpaired) electrons. The van der Waals surface area contributed by atoms with Crippen molar-refractivity contribution >= 4 is 11.5 Å². The molecular weight excluding hydrogens is 258 g/mol. The van der Waals surface area contributed by atoms with E-state index in [9.17, 15) is 4.79 Å². The summed E-state index contributed by atoms with van der Waals surface area (Å²) in [7, 11) is 0. The van der Waals surface area contributed by atoms with E-state index in [0.29, 0.717) is 5.78 Å². The van der Waals surface area contributed by atoms with Crippen molar-refractivity contribution in [2.45, 2.75) is 52.4 Å². The van der Waals surface area contributed by atoms with Crippen molar-refractivity contribution in [1.29, 1.82) is 0 Å². The van der Waals surface area contributed by atoms with E-state index in [4.69, 9.17) is 0 Å². The van der Waals surface area contributed by atoms with E-state index in [-0.39, 0.29) is 5.92 Å². The van der Waals surface area contributed by atoms with Gasteiger partial charge in [0, 0.05) is 31.1 Å². The summed E-state index contributed by atoms with van der Waals surface area (Å²) in [5, 5.41) is 0. The third-order valence-corrected chi connectivity index (χ3v) is 5.34. The monoisotopic (exact) mass is 285 g/mol. The number of hydrogen-bond acceptors (Lipinski definition) is 2. The average molecular weight is 285 g/mol. The number of nitrogens with zero attached hydrogens (tertiary/aromatic N) is 1. The van der Waals surface area contributed by atoms with Gasteiger partial charge in [0.05, 0.1) is 0 Å². The smallest absolute Gasteiger partial charge is 0.137 e. The maximum atomic E-state index is 12.3. The minimum Gasteiger partial charge on any atom is -0.371 e. The van der Waals surface area contributed by atoms with Crippen LogP contribution in [0.4, 0.5) is 5.69 Å². The quantitative estimate of drug-likeness (QED) is 0.831. The molecule has 1 fully saturated rings. The van der Waals surface area contributed by atoms with Crippen LogP contribution in [-0.2, 0) is 11.2 Å². The van der Waals surface area contributed by atoms with Crippen molar-refractivity contribution in [2.24, 2.45) is 11.8 Å². The third kappa shape index (κ3) is 3.14. The first-order chi connectivity index (χ1) is 10.2. The van der Waals surface area contributed by atoms with E-state index in [1.165, 1.54) is 36.1 Å². The maximum Gasteiger partial charge on any atom is 0.137 e. The Balaban J connectivity index is 1.75. The Hall–Kier alpha value is -1.31. The van der Waals surface area contributed by atoms with Gasteiger partial charge in [-0.1, -0.05) is 31.0 Å². The number of ketones is 1. The van der Waals surface area contributed by atoms with Crippen LogP contribution in [-0.4, -0.2) is 18.9 Å². The summed E-state index contributed by atoms with van der Waals surface area (Å²) < 4.78 is 0. The maximum absolute atomic E-state index is 12.3. The first-order valence-corrected chi connectivity index (χ1v) is 8.54. The lowest BCUT2D eigenvalue weighted by Gasteiger charge is -2.36. The predicted octanol–water partition coefficient (Wildman–Crippen LogP) is 4.14. The molecular formula is C19H27NO. The predicted molar refractivity (Wildman–Crippen MR) is 87.8 cm³/mol. The molecule has 3 rings (SSSR count). The number of fused-ring (bicyclic) bond motifs is 1. The van der Waals surface area contributed by atoms with Crippen LogP contribution in [0.15, 0.2) is 18.2 Å². The van der Waals surface area contributed by atoms with Gasteiger partial charge < -0.3 is 4.90 Å². The molecule has 1 saturated carbocycles. The molecule has 1 aliphatic heterocycles. The van der Waals surface area contributed by atoms with Crippen LogP contribution >= 0.6 is 0 Å². The lowest BCUT2D eigenvalue weighted by atomic mass is 9.79. The second kappa shape index (κ2) is 6.21. The fraction of sp³-hybridized carbons (Fsp3) is 0.632. The molecule has 2 unspecified atom stereocenters. The number of aryl methyl sites for hydroxylation is 2. The van der Waals surface area contributed by atoms with Gasteiger partial charge in [-0.05, 0) is 50.2 Å². The first-order valence-electron chi connectivity index (χ1n) is 8.54. The number of anilines is 1. The molecule has 0 N–H and O–H groups in total. The van der Waals surface area contributed by atoms with Crippen molar-refractivity contribution < 1.29 is 4.79 Å². The van der Waals surface area contributed by atoms with E-state index in [1.807, 2.05) is 0 Å². The number of hydrogen-bond donors (Lipinski definition) is 0. The summed E-state index contributed by atoms with van der Waals surface area (Å²) >= 11 is 0. The zero-order valence-electron chi connectivity index (χ0n) is 13.4. The van der Waals surface area contributed by atoms with Crippen LogP contribution in [0, 0.1) is 18.8 Å². The summed E-state index contributed by atoms with van der Waals surface area (Å²) in [5.74, 6) is 1.52. The van der Waals surface area contributed by atoms with E-state index in [0.717, 1.165) is 38.3 Å². The molecule has 0 aromatic heterocycles. The second-order valence-corrected chi connectivity index (χ2v) is 6.89. The van der Waals surface area contributed by atoms with Crippen molar-refractivity contribution in [3.05, 3.63) is 29.3 Å². The topological polar surface area (TPSA) is 20.3 Å². The highest BCUT2D eigenvalue weighted by atomic mass is 16.1. The highest BCUT2D eigenvalue weighted by Gasteiger charge is 2.30. The molecule has 2 heteroatoms. The van der Waals surface area contributed by atoms with Crippen molar-refractivity contribution in [1.82, 2.24) is 0 Å². The van der Waals surface area contributed by atoms with Crippen LogP contribution in [0.1, 0.15) is 50.2 Å². The van der Waals surface area contributed by atoms with Crippen LogP contribution in [0.2, 0.25) is 0 Å². The standard InChI is InChI=1S/C19H27NO/c1-3-15-7-9-19(21)17(12-15)13-20-10-4-5-16-11-14(2)6-8-18(16)20/h6,8,11,15,17H,3-5,7,9-10,12-13H2,1-2H3. The number of Topliss-reactive ketones (excluding diaryl/α,β-unsaturated/α-hetero) is 1. The largest absolute Gasteiger partial charge is 0.371 e. The molecule has 21 heavy (non-hydrogen) atoms. The van der Waals surface area contributed by atoms with Gasteiger partial charge in [0.2, 0.25) is 0 Å². The number of carbonyl (C=O) groups excluding carboxylic acids is 1. The Morgan fingerprint density at radius 3 is 2.95 bits per heavy atom. The molecule has 1 aromatic carbocycles. The van der Waals surface area contributed by atoms with Crippen molar-refractivity contribution in [3.63, 3.8) is 0 Å². The molecule has 0 amide bonds. The van der Waals surface area contributed by atoms with Gasteiger partial charge in [-0.15, -0.1) is 0 Å². The second-order valence-electron chi connectivity index (χ2n) is 6.89. The fourth-order valence-electron chi connectivity index (χ4n) is 4.01. The number of benzene rings is 1. The number of rotatable bonds is 3. The lowest BCUT2D eigenvalue weighted by molar-refractivity contribution is -0.125. The fourth-order valence-corrected chi connectivity index (χ4v) is 4.01. The highest BCUT2D eigenvalue weighted by molar-refractivity contribution is 5.82. The molecule has 2 atom stereocenters. The van der Waals surface area contributed by atoms with Gasteiger partial charge in [0.15, 0.2) is 0 Å². The Labute approximate surface area is 128 Å². The molecule has 1 heterocycles. The van der Waals surface area contributed by atoms with Crippen molar-refractivity contribution in [3.8, 4) is 0 Å². The molecule has 2 aliphatic rings. The molecule has 1 aliphatic carbocycles.